The second-order valence-corrected chi connectivity index (χ2v) is 6.30. The van der Waals surface area contributed by atoms with Gasteiger partial charge in [0.05, 0.1) is 13.1 Å². The van der Waals surface area contributed by atoms with Crippen molar-refractivity contribution in [3.63, 3.8) is 0 Å². The minimum Gasteiger partial charge on any atom is -0.480 e. The van der Waals surface area contributed by atoms with Crippen LogP contribution in [0.3, 0.4) is 0 Å². The average molecular weight is 344 g/mol. The summed E-state index contributed by atoms with van der Waals surface area (Å²) in [5.41, 5.74) is 5.12. The van der Waals surface area contributed by atoms with E-state index in [-0.39, 0.29) is 24.9 Å². The molecule has 2 atom stereocenters. The fourth-order valence-electron chi connectivity index (χ4n) is 1.97. The molecule has 9 nitrogen and oxygen atoms in total. The molecule has 0 saturated carbocycles. The summed E-state index contributed by atoms with van der Waals surface area (Å²) >= 11 is 0. The van der Waals surface area contributed by atoms with Gasteiger partial charge in [-0.05, 0) is 18.3 Å². The first-order valence-corrected chi connectivity index (χ1v) is 7.87. The molecule has 6 N–H and O–H groups in total. The van der Waals surface area contributed by atoms with Crippen LogP contribution in [0.2, 0.25) is 0 Å². The number of amides is 3. The Bertz CT molecular complexity index is 465. The van der Waals surface area contributed by atoms with Crippen molar-refractivity contribution in [2.45, 2.75) is 46.2 Å². The van der Waals surface area contributed by atoms with Crippen LogP contribution in [-0.2, 0) is 19.2 Å². The van der Waals surface area contributed by atoms with E-state index in [2.05, 4.69) is 16.0 Å². The summed E-state index contributed by atoms with van der Waals surface area (Å²) in [6, 6.07) is -1.92. The molecule has 0 bridgehead atoms. The predicted molar refractivity (Wildman–Crippen MR) is 87.9 cm³/mol. The maximum atomic E-state index is 12.3. The summed E-state index contributed by atoms with van der Waals surface area (Å²) < 4.78 is 0. The normalized spacial score (nSPS) is 13.3. The third kappa shape index (κ3) is 8.47. The van der Waals surface area contributed by atoms with Gasteiger partial charge < -0.3 is 26.8 Å². The van der Waals surface area contributed by atoms with Crippen LogP contribution < -0.4 is 21.7 Å². The van der Waals surface area contributed by atoms with Crippen molar-refractivity contribution in [3.05, 3.63) is 0 Å². The Balaban J connectivity index is 4.85. The van der Waals surface area contributed by atoms with Crippen LogP contribution in [-0.4, -0.2) is 54.0 Å². The van der Waals surface area contributed by atoms with Gasteiger partial charge in [0.1, 0.15) is 12.1 Å². The van der Waals surface area contributed by atoms with Crippen LogP contribution in [0.25, 0.3) is 0 Å². The highest BCUT2D eigenvalue weighted by Gasteiger charge is 2.28. The lowest BCUT2D eigenvalue weighted by molar-refractivity contribution is -0.143. The van der Waals surface area contributed by atoms with Crippen LogP contribution in [0.15, 0.2) is 0 Å². The summed E-state index contributed by atoms with van der Waals surface area (Å²) in [5, 5.41) is 16.4. The van der Waals surface area contributed by atoms with Crippen molar-refractivity contribution >= 4 is 23.7 Å². The van der Waals surface area contributed by atoms with Gasteiger partial charge in [-0.15, -0.1) is 0 Å². The number of aliphatic carboxylic acids is 1. The van der Waals surface area contributed by atoms with Gasteiger partial charge in [-0.1, -0.05) is 27.7 Å². The topological polar surface area (TPSA) is 151 Å². The third-order valence-corrected chi connectivity index (χ3v) is 3.22. The van der Waals surface area contributed by atoms with Gasteiger partial charge in [-0.3, -0.25) is 14.4 Å². The molecular weight excluding hydrogens is 316 g/mol. The number of carboxylic acid groups (broad SMARTS) is 1. The molecule has 0 saturated heterocycles. The highest BCUT2D eigenvalue weighted by molar-refractivity contribution is 5.92. The third-order valence-electron chi connectivity index (χ3n) is 3.22. The zero-order valence-corrected chi connectivity index (χ0v) is 14.6. The largest absolute Gasteiger partial charge is 0.480 e. The van der Waals surface area contributed by atoms with E-state index in [0.29, 0.717) is 6.42 Å². The molecule has 3 amide bonds. The average Bonchev–Trinajstić information content (AvgIpc) is 2.47. The number of nitrogens with two attached hydrogens (primary N) is 1. The highest BCUT2D eigenvalue weighted by atomic mass is 16.4. The van der Waals surface area contributed by atoms with Crippen LogP contribution >= 0.6 is 0 Å². The zero-order valence-electron chi connectivity index (χ0n) is 14.6. The van der Waals surface area contributed by atoms with E-state index >= 15 is 0 Å². The molecule has 0 radical (unpaired) electrons. The van der Waals surface area contributed by atoms with E-state index < -0.39 is 35.8 Å². The Hall–Kier alpha value is -2.16. The van der Waals surface area contributed by atoms with Crippen molar-refractivity contribution in [3.8, 4) is 0 Å². The second kappa shape index (κ2) is 10.6. The lowest BCUT2D eigenvalue weighted by Crippen LogP contribution is -2.54. The van der Waals surface area contributed by atoms with Gasteiger partial charge in [0.2, 0.25) is 17.7 Å². The molecular formula is C15H28N4O5. The van der Waals surface area contributed by atoms with Crippen LogP contribution in [0.1, 0.15) is 34.1 Å². The molecule has 9 heteroatoms. The predicted octanol–water partition coefficient (Wildman–Crippen LogP) is -1.18. The molecule has 0 spiro atoms. The molecule has 0 fully saturated rings. The molecule has 0 aliphatic heterocycles. The van der Waals surface area contributed by atoms with Gasteiger partial charge in [0, 0.05) is 0 Å². The molecule has 24 heavy (non-hydrogen) atoms. The first-order valence-electron chi connectivity index (χ1n) is 7.87. The summed E-state index contributed by atoms with van der Waals surface area (Å²) in [5.74, 6) is -2.94. The number of carbonyl (C=O) groups excluding carboxylic acids is 3. The molecule has 2 unspecified atom stereocenters. The van der Waals surface area contributed by atoms with Gasteiger partial charge in [0.25, 0.3) is 0 Å². The number of hydrogen-bond acceptors (Lipinski definition) is 5. The van der Waals surface area contributed by atoms with Crippen molar-refractivity contribution in [1.82, 2.24) is 16.0 Å². The molecule has 0 rings (SSSR count). The molecule has 0 aromatic heterocycles. The summed E-state index contributed by atoms with van der Waals surface area (Å²) in [6.45, 7) is 6.57. The Morgan fingerprint density at radius 2 is 1.58 bits per heavy atom. The molecule has 0 aliphatic rings. The highest BCUT2D eigenvalue weighted by Crippen LogP contribution is 2.07. The van der Waals surface area contributed by atoms with Gasteiger partial charge in [-0.25, -0.2) is 4.79 Å². The lowest BCUT2D eigenvalue weighted by Gasteiger charge is -2.24. The zero-order chi connectivity index (χ0) is 18.9. The fourth-order valence-corrected chi connectivity index (χ4v) is 1.97. The number of carboxylic acids is 1. The minimum absolute atomic E-state index is 0.0991. The summed E-state index contributed by atoms with van der Waals surface area (Å²) in [7, 11) is 0. The first-order chi connectivity index (χ1) is 11.1. The number of nitrogens with one attached hydrogen (secondary N) is 3. The minimum atomic E-state index is -1.14. The van der Waals surface area contributed by atoms with Crippen molar-refractivity contribution in [2.24, 2.45) is 17.6 Å². The monoisotopic (exact) mass is 344 g/mol. The van der Waals surface area contributed by atoms with Gasteiger partial charge in [-0.2, -0.15) is 0 Å². The van der Waals surface area contributed by atoms with Crippen LogP contribution in [0.5, 0.6) is 0 Å². The van der Waals surface area contributed by atoms with E-state index in [1.54, 1.807) is 13.8 Å². The van der Waals surface area contributed by atoms with Crippen LogP contribution in [0.4, 0.5) is 0 Å². The SMILES string of the molecule is CC(C)CC(NC(=O)CNC(=O)CN)C(=O)NC(C(=O)O)C(C)C. The van der Waals surface area contributed by atoms with Crippen molar-refractivity contribution in [1.29, 1.82) is 0 Å². The Morgan fingerprint density at radius 3 is 2.00 bits per heavy atom. The Kier molecular flexibility index (Phi) is 9.63. The number of hydrogen-bond donors (Lipinski definition) is 5. The first kappa shape index (κ1) is 21.8. The van der Waals surface area contributed by atoms with E-state index in [4.69, 9.17) is 10.8 Å². The standard InChI is InChI=1S/C15H28N4O5/c1-8(2)5-10(18-12(21)7-17-11(20)6-16)14(22)19-13(9(3)4)15(23)24/h8-10,13H,5-7,16H2,1-4H3,(H,17,20)(H,18,21)(H,19,22)(H,23,24). The summed E-state index contributed by atoms with van der Waals surface area (Å²) in [6.07, 6.45) is 0.340. The lowest BCUT2D eigenvalue weighted by atomic mass is 10.0. The number of rotatable bonds is 10. The smallest absolute Gasteiger partial charge is 0.326 e. The Labute approximate surface area is 141 Å². The van der Waals surface area contributed by atoms with E-state index in [9.17, 15) is 19.2 Å². The van der Waals surface area contributed by atoms with Gasteiger partial charge >= 0.3 is 5.97 Å². The van der Waals surface area contributed by atoms with Crippen molar-refractivity contribution in [2.75, 3.05) is 13.1 Å². The van der Waals surface area contributed by atoms with E-state index in [1.165, 1.54) is 0 Å². The van der Waals surface area contributed by atoms with E-state index in [1.807, 2.05) is 13.8 Å². The van der Waals surface area contributed by atoms with Crippen molar-refractivity contribution < 1.29 is 24.3 Å². The number of carbonyl (C=O) groups is 4. The second-order valence-electron chi connectivity index (χ2n) is 6.30. The van der Waals surface area contributed by atoms with Gasteiger partial charge in [0.15, 0.2) is 0 Å². The Morgan fingerprint density at radius 1 is 1.00 bits per heavy atom. The van der Waals surface area contributed by atoms with Crippen LogP contribution in [0, 0.1) is 11.8 Å². The molecule has 0 aromatic rings. The van der Waals surface area contributed by atoms with E-state index in [0.717, 1.165) is 0 Å². The fraction of sp³-hybridized carbons (Fsp3) is 0.733. The summed E-state index contributed by atoms with van der Waals surface area (Å²) in [4.78, 5) is 46.4. The maximum Gasteiger partial charge on any atom is 0.326 e. The quantitative estimate of drug-likeness (QED) is 0.336. The molecule has 0 heterocycles. The molecule has 0 aromatic carbocycles. The molecule has 0 aliphatic carbocycles. The molecule has 138 valence electrons. The maximum absolute atomic E-state index is 12.3.